The van der Waals surface area contributed by atoms with E-state index >= 15 is 0 Å². The smallest absolute Gasteiger partial charge is 0.257 e. The molecule has 9 heteroatoms. The van der Waals surface area contributed by atoms with Gasteiger partial charge in [0.2, 0.25) is 5.75 Å². The number of carbonyl (C=O) groups is 2. The van der Waals surface area contributed by atoms with Crippen LogP contribution in [0.25, 0.3) is 0 Å². The first-order valence-electron chi connectivity index (χ1n) is 9.65. The number of ether oxygens (including phenoxy) is 4. The molecule has 1 saturated heterocycles. The summed E-state index contributed by atoms with van der Waals surface area (Å²) < 4.78 is 21.3. The third kappa shape index (κ3) is 4.64. The summed E-state index contributed by atoms with van der Waals surface area (Å²) in [5, 5.41) is 0.459. The Labute approximate surface area is 186 Å². The molecule has 8 nitrogen and oxygen atoms in total. The summed E-state index contributed by atoms with van der Waals surface area (Å²) in [6.07, 6.45) is 0. The van der Waals surface area contributed by atoms with Crippen molar-refractivity contribution in [3.63, 3.8) is 0 Å². The second kappa shape index (κ2) is 9.78. The van der Waals surface area contributed by atoms with E-state index in [-0.39, 0.29) is 11.8 Å². The summed E-state index contributed by atoms with van der Waals surface area (Å²) in [4.78, 5) is 29.4. The van der Waals surface area contributed by atoms with E-state index in [2.05, 4.69) is 0 Å². The number of rotatable bonds is 6. The number of piperazine rings is 1. The summed E-state index contributed by atoms with van der Waals surface area (Å²) in [5.41, 5.74) is 0.824. The predicted molar refractivity (Wildman–Crippen MR) is 116 cm³/mol. The van der Waals surface area contributed by atoms with Crippen LogP contribution in [0.1, 0.15) is 20.7 Å². The largest absolute Gasteiger partial charge is 0.496 e. The highest BCUT2D eigenvalue weighted by atomic mass is 35.5. The lowest BCUT2D eigenvalue weighted by Crippen LogP contribution is -2.50. The summed E-state index contributed by atoms with van der Waals surface area (Å²) >= 11 is 6.05. The first-order chi connectivity index (χ1) is 14.9. The zero-order valence-electron chi connectivity index (χ0n) is 17.9. The molecule has 166 valence electrons. The van der Waals surface area contributed by atoms with E-state index in [9.17, 15) is 9.59 Å². The van der Waals surface area contributed by atoms with Gasteiger partial charge in [-0.15, -0.1) is 0 Å². The van der Waals surface area contributed by atoms with Crippen molar-refractivity contribution in [2.75, 3.05) is 54.6 Å². The van der Waals surface area contributed by atoms with Crippen LogP contribution in [0.5, 0.6) is 23.0 Å². The van der Waals surface area contributed by atoms with Crippen molar-refractivity contribution in [2.45, 2.75) is 0 Å². The Hall–Kier alpha value is -3.13. The molecule has 31 heavy (non-hydrogen) atoms. The summed E-state index contributed by atoms with van der Waals surface area (Å²) in [5.74, 6) is 1.35. The fourth-order valence-electron chi connectivity index (χ4n) is 3.52. The van der Waals surface area contributed by atoms with E-state index in [4.69, 9.17) is 30.5 Å². The van der Waals surface area contributed by atoms with Crippen LogP contribution < -0.4 is 18.9 Å². The number of nitrogens with zero attached hydrogens (tertiary/aromatic N) is 2. The second-order valence-electron chi connectivity index (χ2n) is 6.84. The van der Waals surface area contributed by atoms with Crippen LogP contribution in [0.2, 0.25) is 5.02 Å². The van der Waals surface area contributed by atoms with Gasteiger partial charge in [0.1, 0.15) is 5.75 Å². The lowest BCUT2D eigenvalue weighted by atomic mass is 10.1. The van der Waals surface area contributed by atoms with E-state index < -0.39 is 0 Å². The number of hydrogen-bond donors (Lipinski definition) is 0. The molecule has 3 rings (SSSR count). The van der Waals surface area contributed by atoms with Gasteiger partial charge < -0.3 is 28.7 Å². The van der Waals surface area contributed by atoms with Gasteiger partial charge in [0.15, 0.2) is 11.5 Å². The molecule has 2 aromatic rings. The zero-order chi connectivity index (χ0) is 22.5. The van der Waals surface area contributed by atoms with Gasteiger partial charge in [-0.25, -0.2) is 0 Å². The highest BCUT2D eigenvalue weighted by Crippen LogP contribution is 2.38. The van der Waals surface area contributed by atoms with Gasteiger partial charge in [-0.1, -0.05) is 11.6 Å². The quantitative estimate of drug-likeness (QED) is 0.676. The van der Waals surface area contributed by atoms with E-state index in [0.717, 1.165) is 0 Å². The highest BCUT2D eigenvalue weighted by molar-refractivity contribution is 6.31. The van der Waals surface area contributed by atoms with Gasteiger partial charge in [-0.05, 0) is 30.3 Å². The maximum atomic E-state index is 13.1. The SMILES string of the molecule is COc1ccc(Cl)cc1C(=O)N1CCN(C(=O)c2cc(OC)c(OC)c(OC)c2)CC1. The van der Waals surface area contributed by atoms with Gasteiger partial charge >= 0.3 is 0 Å². The van der Waals surface area contributed by atoms with Crippen molar-refractivity contribution in [3.05, 3.63) is 46.5 Å². The zero-order valence-corrected chi connectivity index (χ0v) is 18.7. The van der Waals surface area contributed by atoms with Crippen molar-refractivity contribution in [1.29, 1.82) is 0 Å². The van der Waals surface area contributed by atoms with Crippen LogP contribution in [0.15, 0.2) is 30.3 Å². The Balaban J connectivity index is 1.73. The average molecular weight is 449 g/mol. The van der Waals surface area contributed by atoms with Crippen molar-refractivity contribution in [1.82, 2.24) is 9.80 Å². The van der Waals surface area contributed by atoms with E-state index in [1.807, 2.05) is 0 Å². The minimum atomic E-state index is -0.181. The molecule has 0 bridgehead atoms. The Kier molecular flexibility index (Phi) is 7.12. The molecule has 1 aliphatic rings. The molecule has 0 spiro atoms. The van der Waals surface area contributed by atoms with Gasteiger partial charge in [0, 0.05) is 36.8 Å². The second-order valence-corrected chi connectivity index (χ2v) is 7.28. The fraction of sp³-hybridized carbons (Fsp3) is 0.364. The molecule has 0 aromatic heterocycles. The van der Waals surface area contributed by atoms with Gasteiger partial charge in [0.05, 0.1) is 34.0 Å². The van der Waals surface area contributed by atoms with E-state index in [1.54, 1.807) is 40.1 Å². The number of halogens is 1. The van der Waals surface area contributed by atoms with Crippen LogP contribution in [0, 0.1) is 0 Å². The molecule has 2 amide bonds. The predicted octanol–water partition coefficient (Wildman–Crippen LogP) is 2.97. The van der Waals surface area contributed by atoms with E-state index in [0.29, 0.717) is 65.3 Å². The average Bonchev–Trinajstić information content (AvgIpc) is 2.82. The molecule has 0 unspecified atom stereocenters. The molecule has 1 aliphatic heterocycles. The Morgan fingerprint density at radius 1 is 0.742 bits per heavy atom. The number of benzene rings is 2. The number of hydrogen-bond acceptors (Lipinski definition) is 6. The Morgan fingerprint density at radius 3 is 1.74 bits per heavy atom. The van der Waals surface area contributed by atoms with Crippen LogP contribution in [0.3, 0.4) is 0 Å². The topological polar surface area (TPSA) is 77.5 Å². The molecule has 0 radical (unpaired) electrons. The normalized spacial score (nSPS) is 13.6. The van der Waals surface area contributed by atoms with Crippen molar-refractivity contribution in [2.24, 2.45) is 0 Å². The van der Waals surface area contributed by atoms with Crippen molar-refractivity contribution in [3.8, 4) is 23.0 Å². The Morgan fingerprint density at radius 2 is 1.26 bits per heavy atom. The molecule has 0 N–H and O–H groups in total. The number of carbonyl (C=O) groups excluding carboxylic acids is 2. The first-order valence-corrected chi connectivity index (χ1v) is 10.0. The van der Waals surface area contributed by atoms with Gasteiger partial charge in [-0.3, -0.25) is 9.59 Å². The standard InChI is InChI=1S/C22H25ClN2O6/c1-28-17-6-5-15(23)13-16(17)22(27)25-9-7-24(8-10-25)21(26)14-11-18(29-2)20(31-4)19(12-14)30-3/h5-6,11-13H,7-10H2,1-4H3. The molecule has 0 aliphatic carbocycles. The molecule has 0 atom stereocenters. The minimum absolute atomic E-state index is 0.174. The van der Waals surface area contributed by atoms with Gasteiger partial charge in [-0.2, -0.15) is 0 Å². The van der Waals surface area contributed by atoms with Crippen LogP contribution >= 0.6 is 11.6 Å². The Bertz CT molecular complexity index is 947. The van der Waals surface area contributed by atoms with Gasteiger partial charge in [0.25, 0.3) is 11.8 Å². The van der Waals surface area contributed by atoms with Crippen LogP contribution in [0.4, 0.5) is 0 Å². The summed E-state index contributed by atoms with van der Waals surface area (Å²) in [6.45, 7) is 1.57. The lowest BCUT2D eigenvalue weighted by molar-refractivity contribution is 0.0533. The first kappa shape index (κ1) is 22.6. The molecule has 2 aromatic carbocycles. The number of amides is 2. The lowest BCUT2D eigenvalue weighted by Gasteiger charge is -2.35. The molecule has 0 saturated carbocycles. The third-order valence-corrected chi connectivity index (χ3v) is 5.39. The molecule has 1 heterocycles. The monoisotopic (exact) mass is 448 g/mol. The highest BCUT2D eigenvalue weighted by Gasteiger charge is 2.28. The third-order valence-electron chi connectivity index (χ3n) is 5.16. The van der Waals surface area contributed by atoms with Crippen LogP contribution in [-0.2, 0) is 0 Å². The minimum Gasteiger partial charge on any atom is -0.496 e. The van der Waals surface area contributed by atoms with Crippen molar-refractivity contribution >= 4 is 23.4 Å². The molecular formula is C22H25ClN2O6. The maximum Gasteiger partial charge on any atom is 0.257 e. The van der Waals surface area contributed by atoms with Crippen molar-refractivity contribution < 1.29 is 28.5 Å². The summed E-state index contributed by atoms with van der Waals surface area (Å²) in [7, 11) is 6.02. The molecular weight excluding hydrogens is 424 g/mol. The summed E-state index contributed by atoms with van der Waals surface area (Å²) in [6, 6.07) is 8.18. The molecule has 1 fully saturated rings. The fourth-order valence-corrected chi connectivity index (χ4v) is 3.69. The van der Waals surface area contributed by atoms with E-state index in [1.165, 1.54) is 28.4 Å². The maximum absolute atomic E-state index is 13.1. The van der Waals surface area contributed by atoms with Crippen LogP contribution in [-0.4, -0.2) is 76.2 Å². The number of methoxy groups -OCH3 is 4.